The molecule has 0 radical (unpaired) electrons. The molecular weight excluding hydrogens is 400 g/mol. The third kappa shape index (κ3) is 5.23. The molecule has 30 heavy (non-hydrogen) atoms. The zero-order valence-corrected chi connectivity index (χ0v) is 17.2. The normalized spacial score (nSPS) is 10.6. The lowest BCUT2D eigenvalue weighted by atomic mass is 10.0. The summed E-state index contributed by atoms with van der Waals surface area (Å²) < 4.78 is 5.71. The minimum absolute atomic E-state index is 0. The van der Waals surface area contributed by atoms with E-state index in [9.17, 15) is 4.79 Å². The molecule has 4 aromatic rings. The monoisotopic (exact) mass is 422 g/mol. The van der Waals surface area contributed by atoms with E-state index in [1.807, 2.05) is 42.5 Å². The second kappa shape index (κ2) is 10.0. The number of Topliss-reactive ketones (excluding diaryl/α,β-unsaturated/α-hetero) is 1. The van der Waals surface area contributed by atoms with Gasteiger partial charge in [-0.25, -0.2) is 9.97 Å². The maximum atomic E-state index is 12.7. The molecule has 0 aliphatic rings. The number of hydrogen-bond acceptors (Lipinski definition) is 5. The highest BCUT2D eigenvalue weighted by Crippen LogP contribution is 2.17. The average molecular weight is 423 g/mol. The molecular formula is C23H23ClN4O2. The van der Waals surface area contributed by atoms with Crippen molar-refractivity contribution in [2.24, 2.45) is 5.73 Å². The first-order chi connectivity index (χ1) is 14.2. The van der Waals surface area contributed by atoms with Crippen LogP contribution in [0, 0.1) is 0 Å². The first kappa shape index (κ1) is 21.5. The quantitative estimate of drug-likeness (QED) is 0.414. The van der Waals surface area contributed by atoms with Crippen molar-refractivity contribution in [3.05, 3.63) is 89.5 Å². The molecule has 0 bridgehead atoms. The molecule has 0 saturated heterocycles. The first-order valence-corrected chi connectivity index (χ1v) is 9.54. The van der Waals surface area contributed by atoms with Crippen LogP contribution in [0.3, 0.4) is 0 Å². The molecule has 6 nitrogen and oxygen atoms in total. The summed E-state index contributed by atoms with van der Waals surface area (Å²) in [5.41, 5.74) is 10.1. The highest BCUT2D eigenvalue weighted by atomic mass is 35.5. The topological polar surface area (TPSA) is 93.9 Å². The molecule has 0 fully saturated rings. The summed E-state index contributed by atoms with van der Waals surface area (Å²) in [6, 6.07) is 19.5. The number of hydrogen-bond donors (Lipinski definition) is 2. The summed E-state index contributed by atoms with van der Waals surface area (Å²) >= 11 is 0. The van der Waals surface area contributed by atoms with Crippen LogP contribution in [0.1, 0.15) is 33.7 Å². The fraction of sp³-hybridized carbons (Fsp3) is 0.174. The van der Waals surface area contributed by atoms with E-state index in [-0.39, 0.29) is 18.2 Å². The van der Waals surface area contributed by atoms with Gasteiger partial charge >= 0.3 is 0 Å². The molecule has 0 spiro atoms. The van der Waals surface area contributed by atoms with Crippen LogP contribution in [0.25, 0.3) is 10.9 Å². The van der Waals surface area contributed by atoms with Gasteiger partial charge in [-0.05, 0) is 35.6 Å². The fourth-order valence-electron chi connectivity index (χ4n) is 3.22. The second-order valence-electron chi connectivity index (χ2n) is 6.85. The van der Waals surface area contributed by atoms with Crippen molar-refractivity contribution in [3.63, 3.8) is 0 Å². The number of ketones is 1. The molecule has 2 heterocycles. The minimum atomic E-state index is 0. The largest absolute Gasteiger partial charge is 0.473 e. The van der Waals surface area contributed by atoms with Gasteiger partial charge in [-0.15, -0.1) is 12.4 Å². The number of nitrogens with two attached hydrogens (primary N) is 1. The molecule has 0 aliphatic carbocycles. The molecule has 4 rings (SSSR count). The zero-order chi connectivity index (χ0) is 20.1. The van der Waals surface area contributed by atoms with Gasteiger partial charge in [0.05, 0.1) is 5.69 Å². The Morgan fingerprint density at radius 3 is 2.73 bits per heavy atom. The Bertz CT molecular complexity index is 1110. The van der Waals surface area contributed by atoms with E-state index in [4.69, 9.17) is 10.5 Å². The van der Waals surface area contributed by atoms with Gasteiger partial charge in [0.25, 0.3) is 0 Å². The van der Waals surface area contributed by atoms with Crippen LogP contribution in [0.5, 0.6) is 5.88 Å². The van der Waals surface area contributed by atoms with E-state index in [2.05, 4.69) is 27.1 Å². The van der Waals surface area contributed by atoms with Crippen LogP contribution >= 0.6 is 12.4 Å². The van der Waals surface area contributed by atoms with Crippen LogP contribution in [-0.4, -0.2) is 20.7 Å². The molecule has 2 aromatic heterocycles. The lowest BCUT2D eigenvalue weighted by Gasteiger charge is -2.07. The van der Waals surface area contributed by atoms with E-state index >= 15 is 0 Å². The molecule has 2 aromatic carbocycles. The molecule has 0 amide bonds. The highest BCUT2D eigenvalue weighted by molar-refractivity contribution is 5.96. The minimum Gasteiger partial charge on any atom is -0.473 e. The highest BCUT2D eigenvalue weighted by Gasteiger charge is 2.09. The van der Waals surface area contributed by atoms with Crippen molar-refractivity contribution < 1.29 is 9.53 Å². The zero-order valence-electron chi connectivity index (χ0n) is 16.4. The molecule has 7 heteroatoms. The number of ether oxygens (including phenoxy) is 1. The maximum Gasteiger partial charge on any atom is 0.216 e. The van der Waals surface area contributed by atoms with Crippen LogP contribution in [0.15, 0.2) is 67.0 Å². The number of halogens is 1. The van der Waals surface area contributed by atoms with Crippen molar-refractivity contribution in [1.29, 1.82) is 0 Å². The average Bonchev–Trinajstić information content (AvgIpc) is 3.19. The van der Waals surface area contributed by atoms with Gasteiger partial charge in [-0.3, -0.25) is 4.79 Å². The summed E-state index contributed by atoms with van der Waals surface area (Å²) in [7, 11) is 0. The predicted molar refractivity (Wildman–Crippen MR) is 119 cm³/mol. The van der Waals surface area contributed by atoms with Crippen LogP contribution in [-0.2, 0) is 19.6 Å². The summed E-state index contributed by atoms with van der Waals surface area (Å²) in [5, 5.41) is 1.16. The summed E-state index contributed by atoms with van der Waals surface area (Å²) in [5.74, 6) is 0.578. The Hall–Kier alpha value is -3.22. The van der Waals surface area contributed by atoms with Crippen molar-refractivity contribution in [2.45, 2.75) is 26.0 Å². The summed E-state index contributed by atoms with van der Waals surface area (Å²) in [4.78, 5) is 24.2. The molecule has 0 unspecified atom stereocenters. The number of fused-ring (bicyclic) bond motifs is 1. The first-order valence-electron chi connectivity index (χ1n) is 9.54. The van der Waals surface area contributed by atoms with Gasteiger partial charge in [0.2, 0.25) is 5.88 Å². The third-order valence-corrected chi connectivity index (χ3v) is 4.75. The number of carbonyl (C=O) groups is 1. The predicted octanol–water partition coefficient (Wildman–Crippen LogP) is 4.23. The number of nitrogens with one attached hydrogen (secondary N) is 1. The van der Waals surface area contributed by atoms with Gasteiger partial charge < -0.3 is 15.5 Å². The maximum absolute atomic E-state index is 12.7. The lowest BCUT2D eigenvalue weighted by molar-refractivity contribution is 0.0982. The SMILES string of the molecule is Cl.NCc1cc(OCc2cccc(C(=O)CCc3cc4ccccc4[nH]3)c2)ncn1. The summed E-state index contributed by atoms with van der Waals surface area (Å²) in [6.07, 6.45) is 2.56. The number of aromatic amines is 1. The van der Waals surface area contributed by atoms with Crippen LogP contribution in [0.2, 0.25) is 0 Å². The van der Waals surface area contributed by atoms with Gasteiger partial charge in [-0.1, -0.05) is 36.4 Å². The van der Waals surface area contributed by atoms with Crippen molar-refractivity contribution in [3.8, 4) is 5.88 Å². The van der Waals surface area contributed by atoms with Gasteiger partial charge in [0.1, 0.15) is 12.9 Å². The number of aromatic nitrogens is 3. The number of H-pyrrole nitrogens is 1. The lowest BCUT2D eigenvalue weighted by Crippen LogP contribution is -2.05. The summed E-state index contributed by atoms with van der Waals surface area (Å²) in [6.45, 7) is 0.656. The van der Waals surface area contributed by atoms with E-state index < -0.39 is 0 Å². The van der Waals surface area contributed by atoms with Crippen LogP contribution in [0.4, 0.5) is 0 Å². The number of para-hydroxylation sites is 1. The van der Waals surface area contributed by atoms with Crippen molar-refractivity contribution >= 4 is 29.1 Å². The van der Waals surface area contributed by atoms with Gasteiger partial charge in [0, 0.05) is 35.8 Å². The molecule has 0 saturated carbocycles. The Labute approximate surface area is 180 Å². The van der Waals surface area contributed by atoms with E-state index in [0.29, 0.717) is 37.4 Å². The Balaban J connectivity index is 0.00000256. The molecule has 3 N–H and O–H groups in total. The Kier molecular flexibility index (Phi) is 7.17. The van der Waals surface area contributed by atoms with E-state index in [0.717, 1.165) is 27.9 Å². The van der Waals surface area contributed by atoms with E-state index in [1.165, 1.54) is 6.33 Å². The number of nitrogens with zero attached hydrogens (tertiary/aromatic N) is 2. The number of benzene rings is 2. The molecule has 154 valence electrons. The third-order valence-electron chi connectivity index (χ3n) is 4.75. The van der Waals surface area contributed by atoms with Crippen LogP contribution < -0.4 is 10.5 Å². The number of rotatable bonds is 8. The number of aryl methyl sites for hydroxylation is 1. The van der Waals surface area contributed by atoms with Gasteiger partial charge in [0.15, 0.2) is 5.78 Å². The Morgan fingerprint density at radius 1 is 1.03 bits per heavy atom. The van der Waals surface area contributed by atoms with Crippen molar-refractivity contribution in [2.75, 3.05) is 0 Å². The molecule has 0 aliphatic heterocycles. The van der Waals surface area contributed by atoms with Gasteiger partial charge in [-0.2, -0.15) is 0 Å². The fourth-order valence-corrected chi connectivity index (χ4v) is 3.22. The van der Waals surface area contributed by atoms with Crippen molar-refractivity contribution in [1.82, 2.24) is 15.0 Å². The second-order valence-corrected chi connectivity index (χ2v) is 6.85. The Morgan fingerprint density at radius 2 is 1.90 bits per heavy atom. The van der Waals surface area contributed by atoms with E-state index in [1.54, 1.807) is 6.07 Å². The molecule has 0 atom stereocenters. The smallest absolute Gasteiger partial charge is 0.216 e. The standard InChI is InChI=1S/C23H22N4O2.ClH/c24-13-20-12-23(26-15-25-20)29-14-16-4-3-6-18(10-16)22(28)9-8-19-11-17-5-1-2-7-21(17)27-19;/h1-7,10-12,15,27H,8-9,13-14,24H2;1H. The number of carbonyl (C=O) groups excluding carboxylic acids is 1.